The van der Waals surface area contributed by atoms with Crippen LogP contribution in [-0.2, 0) is 23.1 Å². The summed E-state index contributed by atoms with van der Waals surface area (Å²) in [6.45, 7) is 10.5. The van der Waals surface area contributed by atoms with Gasteiger partial charge in [0.05, 0.1) is 6.04 Å². The van der Waals surface area contributed by atoms with Gasteiger partial charge in [0.2, 0.25) is 0 Å². The Kier molecular flexibility index (Phi) is 7.61. The molecule has 10 heteroatoms. The van der Waals surface area contributed by atoms with Gasteiger partial charge in [0.25, 0.3) is 0 Å². The van der Waals surface area contributed by atoms with Crippen molar-refractivity contribution in [3.8, 4) is 0 Å². The van der Waals surface area contributed by atoms with Crippen LogP contribution in [0.5, 0.6) is 0 Å². The number of aryl methyl sites for hydroxylation is 1. The number of likely N-dealkylation sites (tertiary alicyclic amines) is 1. The van der Waals surface area contributed by atoms with Crippen molar-refractivity contribution in [2.75, 3.05) is 33.4 Å². The highest BCUT2D eigenvalue weighted by Gasteiger charge is 2.34. The summed E-state index contributed by atoms with van der Waals surface area (Å²) in [6, 6.07) is 0.127. The molecule has 0 atom stereocenters. The SMILES string of the molecule is COCCCNC(=NCc1nnc(C)n1C)NC1CN(C(=O)OC(C)(C)C)C1. The number of aromatic nitrogens is 3. The average Bonchev–Trinajstić information content (AvgIpc) is 2.88. The Hall–Kier alpha value is -2.36. The van der Waals surface area contributed by atoms with Gasteiger partial charge in [0, 0.05) is 40.4 Å². The summed E-state index contributed by atoms with van der Waals surface area (Å²) >= 11 is 0. The number of hydrogen-bond donors (Lipinski definition) is 2. The number of nitrogens with one attached hydrogen (secondary N) is 2. The lowest BCUT2D eigenvalue weighted by Crippen LogP contribution is -2.63. The maximum Gasteiger partial charge on any atom is 0.410 e. The molecule has 0 unspecified atom stereocenters. The molecule has 1 fully saturated rings. The highest BCUT2D eigenvalue weighted by atomic mass is 16.6. The molecule has 158 valence electrons. The fourth-order valence-corrected chi connectivity index (χ4v) is 2.55. The van der Waals surface area contributed by atoms with Crippen molar-refractivity contribution in [3.05, 3.63) is 11.6 Å². The minimum absolute atomic E-state index is 0.127. The number of rotatable bonds is 7. The number of aliphatic imine (C=N–C) groups is 1. The fourth-order valence-electron chi connectivity index (χ4n) is 2.55. The first-order valence-corrected chi connectivity index (χ1v) is 9.56. The molecule has 0 aromatic carbocycles. The fraction of sp³-hybridized carbons (Fsp3) is 0.778. The van der Waals surface area contributed by atoms with E-state index in [1.54, 1.807) is 12.0 Å². The smallest absolute Gasteiger partial charge is 0.410 e. The minimum Gasteiger partial charge on any atom is -0.444 e. The Labute approximate surface area is 166 Å². The topological polar surface area (TPSA) is 106 Å². The third kappa shape index (κ3) is 6.66. The lowest BCUT2D eigenvalue weighted by molar-refractivity contribution is 0.00700. The number of ether oxygens (including phenoxy) is 2. The van der Waals surface area contributed by atoms with E-state index in [0.717, 1.165) is 24.6 Å². The van der Waals surface area contributed by atoms with Crippen molar-refractivity contribution in [2.24, 2.45) is 12.0 Å². The van der Waals surface area contributed by atoms with Crippen molar-refractivity contribution in [1.82, 2.24) is 30.3 Å². The third-order valence-electron chi connectivity index (χ3n) is 4.25. The second-order valence-electron chi connectivity index (χ2n) is 7.89. The van der Waals surface area contributed by atoms with Crippen LogP contribution in [0.25, 0.3) is 0 Å². The van der Waals surface area contributed by atoms with Gasteiger partial charge >= 0.3 is 6.09 Å². The lowest BCUT2D eigenvalue weighted by atomic mass is 10.1. The standard InChI is InChI=1S/C18H33N7O3/c1-13-22-23-15(24(13)5)10-20-16(19-8-7-9-27-6)21-14-11-25(12-14)17(26)28-18(2,3)4/h14H,7-12H2,1-6H3,(H2,19,20,21). The van der Waals surface area contributed by atoms with Crippen LogP contribution in [0.3, 0.4) is 0 Å². The molecule has 0 bridgehead atoms. The van der Waals surface area contributed by atoms with Crippen LogP contribution in [0.15, 0.2) is 4.99 Å². The normalized spacial score (nSPS) is 15.4. The summed E-state index contributed by atoms with van der Waals surface area (Å²) < 4.78 is 12.4. The van der Waals surface area contributed by atoms with Crippen molar-refractivity contribution >= 4 is 12.1 Å². The largest absolute Gasteiger partial charge is 0.444 e. The van der Waals surface area contributed by atoms with Gasteiger partial charge in [-0.2, -0.15) is 0 Å². The summed E-state index contributed by atoms with van der Waals surface area (Å²) in [5.74, 6) is 2.32. The van der Waals surface area contributed by atoms with Crippen molar-refractivity contribution in [1.29, 1.82) is 0 Å². The van der Waals surface area contributed by atoms with E-state index in [-0.39, 0.29) is 12.1 Å². The second kappa shape index (κ2) is 9.72. The summed E-state index contributed by atoms with van der Waals surface area (Å²) in [5, 5.41) is 14.9. The molecule has 1 aliphatic rings. The van der Waals surface area contributed by atoms with Crippen LogP contribution in [0.2, 0.25) is 0 Å². The van der Waals surface area contributed by atoms with Crippen LogP contribution in [0.4, 0.5) is 4.79 Å². The molecule has 2 heterocycles. The number of hydrogen-bond acceptors (Lipinski definition) is 6. The first kappa shape index (κ1) is 21.9. The Balaban J connectivity index is 1.88. The number of carbonyl (C=O) groups is 1. The summed E-state index contributed by atoms with van der Waals surface area (Å²) in [7, 11) is 3.60. The molecule has 28 heavy (non-hydrogen) atoms. The molecule has 1 aliphatic heterocycles. The molecule has 1 aromatic rings. The van der Waals surface area contributed by atoms with E-state index < -0.39 is 5.60 Å². The maximum atomic E-state index is 12.1. The van der Waals surface area contributed by atoms with Crippen LogP contribution in [-0.4, -0.2) is 76.7 Å². The van der Waals surface area contributed by atoms with Gasteiger partial charge in [0.1, 0.15) is 18.0 Å². The maximum absolute atomic E-state index is 12.1. The van der Waals surface area contributed by atoms with E-state index >= 15 is 0 Å². The third-order valence-corrected chi connectivity index (χ3v) is 4.25. The van der Waals surface area contributed by atoms with E-state index in [0.29, 0.717) is 32.2 Å². The van der Waals surface area contributed by atoms with Gasteiger partial charge in [-0.25, -0.2) is 9.79 Å². The highest BCUT2D eigenvalue weighted by Crippen LogP contribution is 2.15. The van der Waals surface area contributed by atoms with Gasteiger partial charge in [-0.3, -0.25) is 0 Å². The molecule has 0 aliphatic carbocycles. The van der Waals surface area contributed by atoms with Gasteiger partial charge in [-0.1, -0.05) is 0 Å². The van der Waals surface area contributed by atoms with Crippen LogP contribution < -0.4 is 10.6 Å². The molecule has 1 amide bonds. The minimum atomic E-state index is -0.487. The highest BCUT2D eigenvalue weighted by molar-refractivity contribution is 5.80. The van der Waals surface area contributed by atoms with Gasteiger partial charge < -0.3 is 29.6 Å². The first-order valence-electron chi connectivity index (χ1n) is 9.56. The number of guanidine groups is 1. The van der Waals surface area contributed by atoms with Crippen molar-refractivity contribution in [2.45, 2.75) is 52.3 Å². The zero-order chi connectivity index (χ0) is 20.7. The Morgan fingerprint density at radius 2 is 2.04 bits per heavy atom. The van der Waals surface area contributed by atoms with Crippen LogP contribution in [0, 0.1) is 6.92 Å². The van der Waals surface area contributed by atoms with E-state index in [9.17, 15) is 4.79 Å². The zero-order valence-electron chi connectivity index (χ0n) is 17.8. The first-order chi connectivity index (χ1) is 13.2. The Bertz CT molecular complexity index is 675. The molecule has 0 radical (unpaired) electrons. The van der Waals surface area contributed by atoms with Gasteiger partial charge in [-0.05, 0) is 34.1 Å². The van der Waals surface area contributed by atoms with Crippen molar-refractivity contribution < 1.29 is 14.3 Å². The molecular formula is C18H33N7O3. The van der Waals surface area contributed by atoms with Crippen molar-refractivity contribution in [3.63, 3.8) is 0 Å². The molecule has 2 N–H and O–H groups in total. The molecule has 2 rings (SSSR count). The predicted molar refractivity (Wildman–Crippen MR) is 106 cm³/mol. The summed E-state index contributed by atoms with van der Waals surface area (Å²) in [5.41, 5.74) is -0.487. The lowest BCUT2D eigenvalue weighted by Gasteiger charge is -2.40. The quantitative estimate of drug-likeness (QED) is 0.400. The number of methoxy groups -OCH3 is 1. The number of nitrogens with zero attached hydrogens (tertiary/aromatic N) is 5. The average molecular weight is 396 g/mol. The van der Waals surface area contributed by atoms with Gasteiger partial charge in [0.15, 0.2) is 11.8 Å². The molecule has 0 saturated carbocycles. The molecular weight excluding hydrogens is 362 g/mol. The summed E-state index contributed by atoms with van der Waals surface area (Å²) in [4.78, 5) is 18.4. The Morgan fingerprint density at radius 3 is 2.61 bits per heavy atom. The Morgan fingerprint density at radius 1 is 1.32 bits per heavy atom. The molecule has 1 aromatic heterocycles. The van der Waals surface area contributed by atoms with Crippen LogP contribution in [0.1, 0.15) is 38.8 Å². The summed E-state index contributed by atoms with van der Waals surface area (Å²) in [6.07, 6.45) is 0.585. The number of carbonyl (C=O) groups excluding carboxylic acids is 1. The van der Waals surface area contributed by atoms with Crippen LogP contribution >= 0.6 is 0 Å². The predicted octanol–water partition coefficient (Wildman–Crippen LogP) is 0.815. The monoisotopic (exact) mass is 395 g/mol. The van der Waals surface area contributed by atoms with E-state index in [1.807, 2.05) is 39.3 Å². The van der Waals surface area contributed by atoms with E-state index in [4.69, 9.17) is 9.47 Å². The zero-order valence-corrected chi connectivity index (χ0v) is 17.8. The molecule has 1 saturated heterocycles. The van der Waals surface area contributed by atoms with E-state index in [2.05, 4.69) is 25.8 Å². The van der Waals surface area contributed by atoms with Gasteiger partial charge in [-0.15, -0.1) is 10.2 Å². The second-order valence-corrected chi connectivity index (χ2v) is 7.89. The number of amides is 1. The molecule has 0 spiro atoms. The molecule has 10 nitrogen and oxygen atoms in total. The van der Waals surface area contributed by atoms with E-state index in [1.165, 1.54) is 0 Å².